The maximum absolute atomic E-state index is 11.8. The van der Waals surface area contributed by atoms with Gasteiger partial charge in [0.25, 0.3) is 0 Å². The summed E-state index contributed by atoms with van der Waals surface area (Å²) in [7, 11) is 3.06. The predicted molar refractivity (Wildman–Crippen MR) is 78.6 cm³/mol. The molecule has 0 saturated carbocycles. The lowest BCUT2D eigenvalue weighted by molar-refractivity contribution is -0.121. The van der Waals surface area contributed by atoms with E-state index in [9.17, 15) is 9.59 Å². The molecule has 0 aliphatic rings. The van der Waals surface area contributed by atoms with E-state index in [2.05, 4.69) is 10.6 Å². The van der Waals surface area contributed by atoms with E-state index in [4.69, 9.17) is 14.2 Å². The number of benzene rings is 1. The highest BCUT2D eigenvalue weighted by molar-refractivity contribution is 5.95. The highest BCUT2D eigenvalue weighted by Crippen LogP contribution is 2.27. The summed E-state index contributed by atoms with van der Waals surface area (Å²) in [6.45, 7) is 2.09. The van der Waals surface area contributed by atoms with Crippen molar-refractivity contribution in [1.82, 2.24) is 0 Å². The number of ether oxygens (including phenoxy) is 3. The van der Waals surface area contributed by atoms with Gasteiger partial charge in [-0.1, -0.05) is 0 Å². The first-order chi connectivity index (χ1) is 10.1. The third kappa shape index (κ3) is 6.24. The first-order valence-corrected chi connectivity index (χ1v) is 6.39. The Morgan fingerprint density at radius 3 is 2.52 bits per heavy atom. The van der Waals surface area contributed by atoms with Crippen molar-refractivity contribution in [1.29, 1.82) is 0 Å². The van der Waals surface area contributed by atoms with Gasteiger partial charge in [-0.3, -0.25) is 9.59 Å². The van der Waals surface area contributed by atoms with Crippen molar-refractivity contribution in [2.45, 2.75) is 6.92 Å². The molecule has 0 heterocycles. The normalized spacial score (nSPS) is 10.0. The lowest BCUT2D eigenvalue weighted by Crippen LogP contribution is -2.20. The van der Waals surface area contributed by atoms with Crippen LogP contribution < -0.4 is 15.4 Å². The number of nitrogens with one attached hydrogen (secondary N) is 2. The van der Waals surface area contributed by atoms with Crippen LogP contribution in [0.1, 0.15) is 6.92 Å². The SMILES string of the molecule is COCCOCC(=O)Nc1cc(NC(C)=O)ccc1OC. The Bertz CT molecular complexity index is 490. The topological polar surface area (TPSA) is 85.9 Å². The number of anilines is 2. The average molecular weight is 296 g/mol. The standard InChI is InChI=1S/C14H20N2O5/c1-10(17)15-11-4-5-13(20-3)12(8-11)16-14(18)9-21-7-6-19-2/h4-5,8H,6-7,9H2,1-3H3,(H,15,17)(H,16,18). The van der Waals surface area contributed by atoms with Gasteiger partial charge in [0.05, 0.1) is 26.0 Å². The van der Waals surface area contributed by atoms with E-state index in [0.717, 1.165) is 0 Å². The van der Waals surface area contributed by atoms with E-state index in [1.54, 1.807) is 25.3 Å². The van der Waals surface area contributed by atoms with Crippen molar-refractivity contribution in [2.75, 3.05) is 44.7 Å². The summed E-state index contributed by atoms with van der Waals surface area (Å²) >= 11 is 0. The molecule has 2 amide bonds. The molecule has 7 heteroatoms. The smallest absolute Gasteiger partial charge is 0.250 e. The van der Waals surface area contributed by atoms with Crippen LogP contribution in [0.4, 0.5) is 11.4 Å². The quantitative estimate of drug-likeness (QED) is 0.705. The van der Waals surface area contributed by atoms with Crippen LogP contribution in [0, 0.1) is 0 Å². The van der Waals surface area contributed by atoms with Crippen molar-refractivity contribution in [3.8, 4) is 5.75 Å². The van der Waals surface area contributed by atoms with E-state index in [-0.39, 0.29) is 18.4 Å². The second-order valence-corrected chi connectivity index (χ2v) is 4.19. The number of rotatable bonds is 8. The fourth-order valence-electron chi connectivity index (χ4n) is 1.58. The number of hydrogen-bond donors (Lipinski definition) is 2. The van der Waals surface area contributed by atoms with Gasteiger partial charge < -0.3 is 24.8 Å². The van der Waals surface area contributed by atoms with E-state index in [0.29, 0.717) is 30.3 Å². The van der Waals surface area contributed by atoms with Crippen LogP contribution in [0.5, 0.6) is 5.75 Å². The summed E-state index contributed by atoms with van der Waals surface area (Å²) in [6, 6.07) is 4.96. The zero-order valence-corrected chi connectivity index (χ0v) is 12.4. The second kappa shape index (κ2) is 8.93. The minimum atomic E-state index is -0.315. The molecule has 1 rings (SSSR count). The number of methoxy groups -OCH3 is 2. The van der Waals surface area contributed by atoms with Crippen LogP contribution in [0.3, 0.4) is 0 Å². The van der Waals surface area contributed by atoms with E-state index < -0.39 is 0 Å². The molecule has 0 atom stereocenters. The molecule has 0 bridgehead atoms. The van der Waals surface area contributed by atoms with Gasteiger partial charge in [-0.05, 0) is 18.2 Å². The largest absolute Gasteiger partial charge is 0.495 e. The highest BCUT2D eigenvalue weighted by Gasteiger charge is 2.09. The number of carbonyl (C=O) groups is 2. The molecular formula is C14H20N2O5. The van der Waals surface area contributed by atoms with Gasteiger partial charge in [-0.25, -0.2) is 0 Å². The van der Waals surface area contributed by atoms with Crippen molar-refractivity contribution >= 4 is 23.2 Å². The van der Waals surface area contributed by atoms with Crippen molar-refractivity contribution < 1.29 is 23.8 Å². The van der Waals surface area contributed by atoms with Gasteiger partial charge in [0.1, 0.15) is 12.4 Å². The Morgan fingerprint density at radius 2 is 1.90 bits per heavy atom. The van der Waals surface area contributed by atoms with Gasteiger partial charge >= 0.3 is 0 Å². The van der Waals surface area contributed by atoms with E-state index >= 15 is 0 Å². The third-order valence-corrected chi connectivity index (χ3v) is 2.46. The average Bonchev–Trinajstić information content (AvgIpc) is 2.43. The van der Waals surface area contributed by atoms with Crippen LogP contribution in [0.2, 0.25) is 0 Å². The fraction of sp³-hybridized carbons (Fsp3) is 0.429. The Hall–Kier alpha value is -2.12. The van der Waals surface area contributed by atoms with Gasteiger partial charge in [-0.15, -0.1) is 0 Å². The second-order valence-electron chi connectivity index (χ2n) is 4.19. The Labute approximate surface area is 123 Å². The molecule has 7 nitrogen and oxygen atoms in total. The van der Waals surface area contributed by atoms with Crippen molar-refractivity contribution in [3.05, 3.63) is 18.2 Å². The Morgan fingerprint density at radius 1 is 1.14 bits per heavy atom. The minimum Gasteiger partial charge on any atom is -0.495 e. The first kappa shape index (κ1) is 16.9. The molecule has 0 fully saturated rings. The van der Waals surface area contributed by atoms with Crippen LogP contribution >= 0.6 is 0 Å². The Balaban J connectivity index is 2.66. The molecule has 0 aliphatic heterocycles. The Kier molecular flexibility index (Phi) is 7.20. The number of carbonyl (C=O) groups excluding carboxylic acids is 2. The lowest BCUT2D eigenvalue weighted by atomic mass is 10.2. The third-order valence-electron chi connectivity index (χ3n) is 2.46. The molecule has 116 valence electrons. The van der Waals surface area contributed by atoms with Gasteiger partial charge in [-0.2, -0.15) is 0 Å². The van der Waals surface area contributed by atoms with Crippen LogP contribution in [0.25, 0.3) is 0 Å². The molecular weight excluding hydrogens is 276 g/mol. The summed E-state index contributed by atoms with van der Waals surface area (Å²) in [5.41, 5.74) is 1.03. The first-order valence-electron chi connectivity index (χ1n) is 6.39. The molecule has 2 N–H and O–H groups in total. The molecule has 1 aromatic carbocycles. The molecule has 0 saturated heterocycles. The van der Waals surface area contributed by atoms with Crippen LogP contribution in [-0.4, -0.2) is 45.9 Å². The van der Waals surface area contributed by atoms with Gasteiger partial charge in [0.2, 0.25) is 11.8 Å². The van der Waals surface area contributed by atoms with E-state index in [1.807, 2.05) is 0 Å². The number of hydrogen-bond acceptors (Lipinski definition) is 5. The van der Waals surface area contributed by atoms with E-state index in [1.165, 1.54) is 14.0 Å². The summed E-state index contributed by atoms with van der Waals surface area (Å²) in [5.74, 6) is -0.0148. The zero-order chi connectivity index (χ0) is 15.7. The number of amides is 2. The molecule has 0 radical (unpaired) electrons. The summed E-state index contributed by atoms with van der Waals surface area (Å²) in [4.78, 5) is 22.8. The monoisotopic (exact) mass is 296 g/mol. The highest BCUT2D eigenvalue weighted by atomic mass is 16.5. The maximum atomic E-state index is 11.8. The molecule has 0 aromatic heterocycles. The molecule has 0 aliphatic carbocycles. The molecule has 1 aromatic rings. The molecule has 0 unspecified atom stereocenters. The van der Waals surface area contributed by atoms with Crippen molar-refractivity contribution in [2.24, 2.45) is 0 Å². The summed E-state index contributed by atoms with van der Waals surface area (Å²) in [5, 5.41) is 5.31. The lowest BCUT2D eigenvalue weighted by Gasteiger charge is -2.12. The summed E-state index contributed by atoms with van der Waals surface area (Å²) < 4.78 is 15.1. The van der Waals surface area contributed by atoms with Crippen LogP contribution in [0.15, 0.2) is 18.2 Å². The molecule has 0 spiro atoms. The summed E-state index contributed by atoms with van der Waals surface area (Å²) in [6.07, 6.45) is 0. The maximum Gasteiger partial charge on any atom is 0.250 e. The molecule has 21 heavy (non-hydrogen) atoms. The minimum absolute atomic E-state index is 0.0864. The van der Waals surface area contributed by atoms with Gasteiger partial charge in [0, 0.05) is 19.7 Å². The van der Waals surface area contributed by atoms with Gasteiger partial charge in [0.15, 0.2) is 0 Å². The van der Waals surface area contributed by atoms with Crippen molar-refractivity contribution in [3.63, 3.8) is 0 Å². The zero-order valence-electron chi connectivity index (χ0n) is 12.4. The fourth-order valence-corrected chi connectivity index (χ4v) is 1.58. The predicted octanol–water partition coefficient (Wildman–Crippen LogP) is 1.26. The van der Waals surface area contributed by atoms with Crippen LogP contribution in [-0.2, 0) is 19.1 Å².